The molecule has 0 unspecified atom stereocenters. The van der Waals surface area contributed by atoms with Gasteiger partial charge in [0.1, 0.15) is 0 Å². The van der Waals surface area contributed by atoms with Crippen LogP contribution < -0.4 is 16.0 Å². The van der Waals surface area contributed by atoms with Crippen LogP contribution in [0.1, 0.15) is 19.4 Å². The van der Waals surface area contributed by atoms with Gasteiger partial charge >= 0.3 is 6.09 Å². The fraction of sp³-hybridized carbons (Fsp3) is 0.364. The first-order chi connectivity index (χ1) is 15.1. The zero-order valence-corrected chi connectivity index (χ0v) is 19.5. The van der Waals surface area contributed by atoms with Crippen molar-refractivity contribution in [2.45, 2.75) is 25.3 Å². The van der Waals surface area contributed by atoms with Crippen molar-refractivity contribution in [3.05, 3.63) is 54.1 Å². The molecule has 0 aliphatic heterocycles. The van der Waals surface area contributed by atoms with Crippen LogP contribution in [0.15, 0.2) is 53.4 Å². The lowest BCUT2D eigenvalue weighted by Crippen LogP contribution is -2.30. The molecule has 2 aromatic carbocycles. The number of anilines is 2. The number of nitrogens with zero attached hydrogens (tertiary/aromatic N) is 1. The largest absolute Gasteiger partial charge is 0.449 e. The summed E-state index contributed by atoms with van der Waals surface area (Å²) in [5, 5.41) is 8.34. The second-order valence-corrected chi connectivity index (χ2v) is 9.84. The molecule has 0 radical (unpaired) electrons. The highest BCUT2D eigenvalue weighted by Crippen LogP contribution is 2.18. The molecule has 0 bridgehead atoms. The van der Waals surface area contributed by atoms with Crippen LogP contribution in [-0.2, 0) is 26.1 Å². The van der Waals surface area contributed by atoms with Crippen molar-refractivity contribution in [1.82, 2.24) is 9.62 Å². The maximum absolute atomic E-state index is 12.5. The van der Waals surface area contributed by atoms with E-state index >= 15 is 0 Å². The summed E-state index contributed by atoms with van der Waals surface area (Å²) >= 11 is 0. The molecule has 10 heteroatoms. The Morgan fingerprint density at radius 1 is 1.03 bits per heavy atom. The Hall–Kier alpha value is -3.11. The molecule has 0 saturated heterocycles. The topological polar surface area (TPSA) is 117 Å². The molecule has 0 spiro atoms. The zero-order chi connectivity index (χ0) is 23.7. The van der Waals surface area contributed by atoms with Crippen LogP contribution in [0, 0.1) is 5.92 Å². The number of hydrogen-bond donors (Lipinski definition) is 3. The molecule has 0 atom stereocenters. The second-order valence-electron chi connectivity index (χ2n) is 7.72. The van der Waals surface area contributed by atoms with Crippen molar-refractivity contribution in [2.24, 2.45) is 5.92 Å². The molecule has 0 saturated carbocycles. The number of amides is 2. The van der Waals surface area contributed by atoms with E-state index in [4.69, 9.17) is 4.74 Å². The number of carbonyl (C=O) groups is 2. The normalized spacial score (nSPS) is 11.3. The molecule has 0 aromatic heterocycles. The summed E-state index contributed by atoms with van der Waals surface area (Å²) in [7, 11) is -0.693. The van der Waals surface area contributed by atoms with E-state index in [9.17, 15) is 18.0 Å². The molecule has 9 nitrogen and oxygen atoms in total. The molecule has 3 N–H and O–H groups in total. The summed E-state index contributed by atoms with van der Waals surface area (Å²) in [6.45, 7) is 4.27. The van der Waals surface area contributed by atoms with Crippen molar-refractivity contribution in [3.8, 4) is 0 Å². The Labute approximate surface area is 189 Å². The lowest BCUT2D eigenvalue weighted by molar-refractivity contribution is -0.119. The van der Waals surface area contributed by atoms with Crippen molar-refractivity contribution < 1.29 is 22.7 Å². The van der Waals surface area contributed by atoms with Crippen LogP contribution in [0.4, 0.5) is 16.2 Å². The summed E-state index contributed by atoms with van der Waals surface area (Å²) < 4.78 is 31.1. The number of sulfonamides is 1. The first-order valence-corrected chi connectivity index (χ1v) is 11.6. The number of hydrogen-bond acceptors (Lipinski definition) is 6. The summed E-state index contributed by atoms with van der Waals surface area (Å²) in [4.78, 5) is 24.2. The number of rotatable bonds is 10. The third-order valence-corrected chi connectivity index (χ3v) is 6.23. The zero-order valence-electron chi connectivity index (χ0n) is 18.7. The third-order valence-electron chi connectivity index (χ3n) is 4.32. The van der Waals surface area contributed by atoms with Gasteiger partial charge in [-0.1, -0.05) is 38.1 Å². The summed E-state index contributed by atoms with van der Waals surface area (Å²) in [5.74, 6) is -0.0704. The van der Waals surface area contributed by atoms with Crippen molar-refractivity contribution in [1.29, 1.82) is 0 Å². The van der Waals surface area contributed by atoms with Gasteiger partial charge < -0.3 is 15.4 Å². The molecule has 174 valence electrons. The number of carbonyl (C=O) groups excluding carboxylic acids is 2. The van der Waals surface area contributed by atoms with Crippen molar-refractivity contribution >= 4 is 33.4 Å². The molecule has 0 fully saturated rings. The molecule has 0 heterocycles. The first-order valence-electron chi connectivity index (χ1n) is 10.1. The molecule has 2 aromatic rings. The smallest absolute Gasteiger partial charge is 0.411 e. The van der Waals surface area contributed by atoms with E-state index in [0.717, 1.165) is 4.31 Å². The van der Waals surface area contributed by atoms with Gasteiger partial charge in [0, 0.05) is 32.0 Å². The minimum Gasteiger partial charge on any atom is -0.449 e. The van der Waals surface area contributed by atoms with Gasteiger partial charge in [-0.2, -0.15) is 0 Å². The van der Waals surface area contributed by atoms with Crippen LogP contribution in [0.2, 0.25) is 0 Å². The lowest BCUT2D eigenvalue weighted by atomic mass is 10.2. The third kappa shape index (κ3) is 7.54. The van der Waals surface area contributed by atoms with Crippen LogP contribution >= 0.6 is 0 Å². The Morgan fingerprint density at radius 3 is 2.41 bits per heavy atom. The fourth-order valence-corrected chi connectivity index (χ4v) is 3.76. The van der Waals surface area contributed by atoms with Gasteiger partial charge in [0.15, 0.2) is 0 Å². The van der Waals surface area contributed by atoms with E-state index in [0.29, 0.717) is 23.5 Å². The molecular formula is C22H30N4O5S. The van der Waals surface area contributed by atoms with Crippen molar-refractivity contribution in [3.63, 3.8) is 0 Å². The fourth-order valence-electron chi connectivity index (χ4n) is 2.64. The first kappa shape index (κ1) is 25.2. The van der Waals surface area contributed by atoms with Gasteiger partial charge in [0.25, 0.3) is 0 Å². The summed E-state index contributed by atoms with van der Waals surface area (Å²) in [6, 6.07) is 13.4. The summed E-state index contributed by atoms with van der Waals surface area (Å²) in [6.07, 6.45) is -0.542. The molecule has 0 aliphatic carbocycles. The maximum atomic E-state index is 12.5. The van der Waals surface area contributed by atoms with E-state index in [2.05, 4.69) is 16.0 Å². The highest BCUT2D eigenvalue weighted by Gasteiger charge is 2.20. The van der Waals surface area contributed by atoms with Gasteiger partial charge in [-0.05, 0) is 35.7 Å². The minimum atomic E-state index is -3.61. The van der Waals surface area contributed by atoms with Gasteiger partial charge in [-0.15, -0.1) is 0 Å². The minimum absolute atomic E-state index is 0.0240. The Morgan fingerprint density at radius 2 is 1.72 bits per heavy atom. The highest BCUT2D eigenvalue weighted by atomic mass is 32.2. The summed E-state index contributed by atoms with van der Waals surface area (Å²) in [5.41, 5.74) is 1.67. The maximum Gasteiger partial charge on any atom is 0.411 e. The van der Waals surface area contributed by atoms with E-state index in [1.807, 2.05) is 13.8 Å². The second kappa shape index (κ2) is 11.5. The van der Waals surface area contributed by atoms with Gasteiger partial charge in [-0.25, -0.2) is 17.5 Å². The average Bonchev–Trinajstić information content (AvgIpc) is 2.75. The monoisotopic (exact) mass is 462 g/mol. The van der Waals surface area contributed by atoms with E-state index in [1.165, 1.54) is 20.2 Å². The molecule has 2 amide bonds. The average molecular weight is 463 g/mol. The standard InChI is InChI=1S/C22H30N4O5S/c1-16(2)15-31-22(28)25-19-10-7-9-18(12-19)23-14-21(27)24-13-17-8-5-6-11-20(17)32(29,30)26(3)4/h5-12,16,23H,13-15H2,1-4H3,(H,24,27)(H,25,28). The van der Waals surface area contributed by atoms with Crippen LogP contribution in [0.3, 0.4) is 0 Å². The Kier molecular flexibility index (Phi) is 9.03. The number of ether oxygens (including phenoxy) is 1. The van der Waals surface area contributed by atoms with Gasteiger partial charge in [-0.3, -0.25) is 10.1 Å². The van der Waals surface area contributed by atoms with Crippen molar-refractivity contribution in [2.75, 3.05) is 37.9 Å². The van der Waals surface area contributed by atoms with E-state index in [-0.39, 0.29) is 29.8 Å². The molecule has 32 heavy (non-hydrogen) atoms. The highest BCUT2D eigenvalue weighted by molar-refractivity contribution is 7.89. The molecule has 0 aliphatic rings. The SMILES string of the molecule is CC(C)COC(=O)Nc1cccc(NCC(=O)NCc2ccccc2S(=O)(=O)N(C)C)c1. The predicted octanol–water partition coefficient (Wildman–Crippen LogP) is 2.87. The predicted molar refractivity (Wildman–Crippen MR) is 124 cm³/mol. The van der Waals surface area contributed by atoms with Crippen LogP contribution in [0.25, 0.3) is 0 Å². The molecule has 2 rings (SSSR count). The van der Waals surface area contributed by atoms with Crippen LogP contribution in [-0.4, -0.2) is 52.0 Å². The lowest BCUT2D eigenvalue weighted by Gasteiger charge is -2.15. The van der Waals surface area contributed by atoms with Gasteiger partial charge in [0.05, 0.1) is 18.0 Å². The Bertz CT molecular complexity index is 1040. The van der Waals surface area contributed by atoms with Gasteiger partial charge in [0.2, 0.25) is 15.9 Å². The van der Waals surface area contributed by atoms with E-state index in [1.54, 1.807) is 42.5 Å². The molecular weight excluding hydrogens is 432 g/mol. The van der Waals surface area contributed by atoms with Crippen LogP contribution in [0.5, 0.6) is 0 Å². The Balaban J connectivity index is 1.90. The number of benzene rings is 2. The quantitative estimate of drug-likeness (QED) is 0.500. The number of nitrogens with one attached hydrogen (secondary N) is 3. The van der Waals surface area contributed by atoms with E-state index < -0.39 is 16.1 Å².